The lowest BCUT2D eigenvalue weighted by Gasteiger charge is -2.46. The number of nitrogens with one attached hydrogen (secondary N) is 2. The van der Waals surface area contributed by atoms with E-state index in [-0.39, 0.29) is 22.3 Å². The number of halogens is 2. The van der Waals surface area contributed by atoms with Gasteiger partial charge in [0.15, 0.2) is 0 Å². The van der Waals surface area contributed by atoms with Crippen molar-refractivity contribution >= 4 is 63.1 Å². The molecule has 2 heterocycles. The highest BCUT2D eigenvalue weighted by Crippen LogP contribution is 2.39. The lowest BCUT2D eigenvalue weighted by atomic mass is 9.90. The fourth-order valence-electron chi connectivity index (χ4n) is 3.81. The molecule has 0 radical (unpaired) electrons. The van der Waals surface area contributed by atoms with Crippen molar-refractivity contribution in [2.45, 2.75) is 52.0 Å². The molecule has 1 saturated heterocycles. The maximum absolute atomic E-state index is 13.8. The van der Waals surface area contributed by atoms with Gasteiger partial charge in [-0.05, 0) is 37.0 Å². The number of hydrogen-bond acceptors (Lipinski definition) is 4. The monoisotopic (exact) mass is 524 g/mol. The van der Waals surface area contributed by atoms with Crippen LogP contribution >= 0.6 is 34.5 Å². The lowest BCUT2D eigenvalue weighted by molar-refractivity contribution is -0.146. The molecular weight excluding hydrogens is 495 g/mol. The van der Waals surface area contributed by atoms with E-state index in [4.69, 9.17) is 23.2 Å². The minimum atomic E-state index is -0.957. The fourth-order valence-corrected chi connectivity index (χ4v) is 5.26. The van der Waals surface area contributed by atoms with Gasteiger partial charge in [-0.1, -0.05) is 57.0 Å². The molecule has 1 atom stereocenters. The van der Waals surface area contributed by atoms with Gasteiger partial charge in [-0.25, -0.2) is 4.79 Å². The summed E-state index contributed by atoms with van der Waals surface area (Å²) in [5.74, 6) is -0.377. The number of hydrogen-bond donors (Lipinski definition) is 2. The summed E-state index contributed by atoms with van der Waals surface area (Å²) in [4.78, 5) is 43.8. The Labute approximate surface area is 214 Å². The van der Waals surface area contributed by atoms with Crippen molar-refractivity contribution in [2.75, 3.05) is 30.8 Å². The smallest absolute Gasteiger partial charge is 0.324 e. The van der Waals surface area contributed by atoms with Crippen molar-refractivity contribution in [2.24, 2.45) is 0 Å². The van der Waals surface area contributed by atoms with Gasteiger partial charge in [0.2, 0.25) is 5.91 Å². The minimum absolute atomic E-state index is 0.0938. The quantitative estimate of drug-likeness (QED) is 0.508. The molecule has 1 aliphatic rings. The molecule has 7 nitrogen and oxygen atoms in total. The van der Waals surface area contributed by atoms with Crippen molar-refractivity contribution in [1.82, 2.24) is 9.80 Å². The van der Waals surface area contributed by atoms with Crippen LogP contribution in [-0.2, 0) is 10.2 Å². The van der Waals surface area contributed by atoms with E-state index in [2.05, 4.69) is 10.6 Å². The van der Waals surface area contributed by atoms with Crippen LogP contribution < -0.4 is 10.6 Å². The van der Waals surface area contributed by atoms with Crippen LogP contribution in [0.25, 0.3) is 0 Å². The van der Waals surface area contributed by atoms with E-state index in [0.29, 0.717) is 40.8 Å². The summed E-state index contributed by atoms with van der Waals surface area (Å²) in [5.41, 5.74) is -0.477. The van der Waals surface area contributed by atoms with Gasteiger partial charge in [-0.2, -0.15) is 0 Å². The van der Waals surface area contributed by atoms with Gasteiger partial charge in [-0.15, -0.1) is 11.3 Å². The zero-order valence-electron chi connectivity index (χ0n) is 20.2. The van der Waals surface area contributed by atoms with Crippen molar-refractivity contribution in [3.8, 4) is 0 Å². The van der Waals surface area contributed by atoms with Crippen molar-refractivity contribution in [3.63, 3.8) is 0 Å². The molecule has 0 spiro atoms. The van der Waals surface area contributed by atoms with Crippen LogP contribution in [0.3, 0.4) is 0 Å². The molecule has 1 aliphatic heterocycles. The van der Waals surface area contributed by atoms with Crippen LogP contribution in [0.2, 0.25) is 10.0 Å². The van der Waals surface area contributed by atoms with Crippen LogP contribution in [0, 0.1) is 0 Å². The molecule has 4 amide bonds. The van der Waals surface area contributed by atoms with Gasteiger partial charge in [0.05, 0.1) is 21.3 Å². The first-order valence-corrected chi connectivity index (χ1v) is 12.6. The number of piperazine rings is 1. The second-order valence-electron chi connectivity index (χ2n) is 9.59. The first-order chi connectivity index (χ1) is 15.8. The fraction of sp³-hybridized carbons (Fsp3) is 0.458. The van der Waals surface area contributed by atoms with Crippen LogP contribution in [0.5, 0.6) is 0 Å². The van der Waals surface area contributed by atoms with E-state index in [0.717, 1.165) is 4.88 Å². The summed E-state index contributed by atoms with van der Waals surface area (Å²) in [6, 6.07) is 6.21. The molecule has 3 rings (SSSR count). The summed E-state index contributed by atoms with van der Waals surface area (Å²) in [5, 5.41) is 6.46. The number of carbonyl (C=O) groups is 3. The van der Waals surface area contributed by atoms with Gasteiger partial charge in [-0.3, -0.25) is 14.9 Å². The molecular formula is C24H30Cl2N4O3S. The third-order valence-corrected chi connectivity index (χ3v) is 8.42. The topological polar surface area (TPSA) is 81.8 Å². The number of urea groups is 1. The van der Waals surface area contributed by atoms with Crippen LogP contribution in [0.4, 0.5) is 15.5 Å². The summed E-state index contributed by atoms with van der Waals surface area (Å²) < 4.78 is 0. The van der Waals surface area contributed by atoms with Crippen LogP contribution in [0.1, 0.15) is 56.3 Å². The zero-order chi connectivity index (χ0) is 25.4. The Hall–Kier alpha value is -2.29. The molecule has 2 aromatic rings. The molecule has 1 aromatic heterocycles. The van der Waals surface area contributed by atoms with Crippen LogP contribution in [0.15, 0.2) is 24.3 Å². The Bertz CT molecular complexity index is 1130. The number of amides is 4. The predicted octanol–water partition coefficient (Wildman–Crippen LogP) is 6.08. The highest BCUT2D eigenvalue weighted by atomic mass is 35.5. The van der Waals surface area contributed by atoms with Gasteiger partial charge in [0, 0.05) is 25.0 Å². The summed E-state index contributed by atoms with van der Waals surface area (Å²) in [7, 11) is 1.75. The van der Waals surface area contributed by atoms with Gasteiger partial charge >= 0.3 is 6.03 Å². The number of nitrogens with zero attached hydrogens (tertiary/aromatic N) is 2. The third kappa shape index (κ3) is 5.04. The molecule has 0 aliphatic carbocycles. The van der Waals surface area contributed by atoms with Crippen molar-refractivity contribution in [1.29, 1.82) is 0 Å². The second kappa shape index (κ2) is 9.76. The lowest BCUT2D eigenvalue weighted by Crippen LogP contribution is -2.64. The normalized spacial score (nSPS) is 18.8. The van der Waals surface area contributed by atoms with Crippen molar-refractivity contribution < 1.29 is 14.4 Å². The highest BCUT2D eigenvalue weighted by Gasteiger charge is 2.46. The largest absolute Gasteiger partial charge is 0.342 e. The molecule has 1 unspecified atom stereocenters. The number of rotatable bonds is 4. The second-order valence-corrected chi connectivity index (χ2v) is 11.4. The first-order valence-electron chi connectivity index (χ1n) is 11.0. The summed E-state index contributed by atoms with van der Waals surface area (Å²) in [6.07, 6.45) is 0.481. The number of anilines is 2. The van der Waals surface area contributed by atoms with Crippen molar-refractivity contribution in [3.05, 3.63) is 44.8 Å². The molecule has 184 valence electrons. The Kier molecular flexibility index (Phi) is 7.55. The number of likely N-dealkylation sites (N-methyl/N-ethyl adjacent to an activating group) is 1. The molecule has 1 aromatic carbocycles. The zero-order valence-corrected chi connectivity index (χ0v) is 22.5. The number of thiophene rings is 1. The standard InChI is InChI=1S/C24H30Cl2N4O3S/c1-7-24(5)21(32)29(6)11-12-30(24)20(31)14-13-17(23(2,3)4)34-19(14)28-22(33)27-16-10-8-9-15(25)18(16)26/h8-10,13H,7,11-12H2,1-6H3,(H2,27,28,33). The van der Waals surface area contributed by atoms with Gasteiger partial charge in [0.25, 0.3) is 5.91 Å². The molecule has 2 N–H and O–H groups in total. The Morgan fingerprint density at radius 1 is 1.18 bits per heavy atom. The van der Waals surface area contributed by atoms with E-state index >= 15 is 0 Å². The Morgan fingerprint density at radius 3 is 2.47 bits per heavy atom. The third-order valence-electron chi connectivity index (χ3n) is 6.12. The molecule has 0 saturated carbocycles. The van der Waals surface area contributed by atoms with Gasteiger partial charge in [0.1, 0.15) is 10.5 Å². The molecule has 34 heavy (non-hydrogen) atoms. The Morgan fingerprint density at radius 2 is 1.85 bits per heavy atom. The van der Waals surface area contributed by atoms with E-state index < -0.39 is 11.6 Å². The highest BCUT2D eigenvalue weighted by molar-refractivity contribution is 7.16. The SMILES string of the molecule is CCC1(C)C(=O)N(C)CCN1C(=O)c1cc(C(C)(C)C)sc1NC(=O)Nc1cccc(Cl)c1Cl. The minimum Gasteiger partial charge on any atom is -0.342 e. The van der Waals surface area contributed by atoms with E-state index in [1.54, 1.807) is 42.0 Å². The average Bonchev–Trinajstić information content (AvgIpc) is 3.19. The summed E-state index contributed by atoms with van der Waals surface area (Å²) in [6.45, 7) is 10.7. The van der Waals surface area contributed by atoms with Crippen LogP contribution in [-0.4, -0.2) is 53.3 Å². The number of carbonyl (C=O) groups excluding carboxylic acids is 3. The maximum atomic E-state index is 13.8. The van der Waals surface area contributed by atoms with E-state index in [1.807, 2.05) is 33.8 Å². The number of benzene rings is 1. The summed E-state index contributed by atoms with van der Waals surface area (Å²) >= 11 is 13.6. The maximum Gasteiger partial charge on any atom is 0.324 e. The average molecular weight is 526 g/mol. The molecule has 10 heteroatoms. The first kappa shape index (κ1) is 26.3. The molecule has 1 fully saturated rings. The predicted molar refractivity (Wildman–Crippen MR) is 139 cm³/mol. The van der Waals surface area contributed by atoms with E-state index in [1.165, 1.54) is 11.3 Å². The van der Waals surface area contributed by atoms with E-state index in [9.17, 15) is 14.4 Å². The molecule has 0 bridgehead atoms. The Balaban J connectivity index is 1.95. The van der Waals surface area contributed by atoms with Gasteiger partial charge < -0.3 is 15.1 Å².